The number of rotatable bonds is 3. The Morgan fingerprint density at radius 2 is 1.76 bits per heavy atom. The second-order valence-electron chi connectivity index (χ2n) is 7.77. The van der Waals surface area contributed by atoms with Crippen molar-refractivity contribution in [3.05, 3.63) is 99.4 Å². The molecule has 0 saturated heterocycles. The summed E-state index contributed by atoms with van der Waals surface area (Å²) in [4.78, 5) is 12.6. The molecule has 1 aliphatic heterocycles. The van der Waals surface area contributed by atoms with Gasteiger partial charge in [-0.3, -0.25) is 4.79 Å². The van der Waals surface area contributed by atoms with Crippen molar-refractivity contribution in [2.75, 3.05) is 5.32 Å². The minimum absolute atomic E-state index is 0.136. The zero-order chi connectivity index (χ0) is 23.3. The molecule has 1 N–H and O–H groups in total. The van der Waals surface area contributed by atoms with Gasteiger partial charge in [0.25, 0.3) is 5.91 Å². The summed E-state index contributed by atoms with van der Waals surface area (Å²) in [6.45, 7) is 0.485. The quantitative estimate of drug-likeness (QED) is 0.229. The molecule has 0 aliphatic carbocycles. The lowest BCUT2D eigenvalue weighted by molar-refractivity contribution is -0.137. The third-order valence-corrected chi connectivity index (χ3v) is 6.06. The number of nitrogens with zero attached hydrogens (tertiary/aromatic N) is 1. The monoisotopic (exact) mass is 514 g/mol. The Bertz CT molecular complexity index is 1440. The Morgan fingerprint density at radius 1 is 1.00 bits per heavy atom. The predicted molar refractivity (Wildman–Crippen MR) is 123 cm³/mol. The fourth-order valence-electron chi connectivity index (χ4n) is 4.00. The highest BCUT2D eigenvalue weighted by molar-refractivity contribution is 9.10. The summed E-state index contributed by atoms with van der Waals surface area (Å²) in [5.41, 5.74) is 2.58. The van der Waals surface area contributed by atoms with Gasteiger partial charge in [-0.15, -0.1) is 0 Å². The first-order chi connectivity index (χ1) is 15.7. The maximum absolute atomic E-state index is 13.3. The number of alkyl halides is 3. The van der Waals surface area contributed by atoms with Crippen LogP contribution in [0.1, 0.15) is 22.3 Å². The van der Waals surface area contributed by atoms with Crippen molar-refractivity contribution in [1.29, 1.82) is 0 Å². The van der Waals surface area contributed by atoms with Crippen molar-refractivity contribution in [2.45, 2.75) is 12.7 Å². The van der Waals surface area contributed by atoms with E-state index >= 15 is 0 Å². The van der Waals surface area contributed by atoms with E-state index in [4.69, 9.17) is 0 Å². The lowest BCUT2D eigenvalue weighted by atomic mass is 10.0. The van der Waals surface area contributed by atoms with Crippen molar-refractivity contribution in [1.82, 2.24) is 4.57 Å². The van der Waals surface area contributed by atoms with E-state index < -0.39 is 17.6 Å². The number of anilines is 1. The fraction of sp³-hybridized carbons (Fsp3) is 0.0800. The molecular weight excluding hydrogens is 500 g/mol. The van der Waals surface area contributed by atoms with Crippen molar-refractivity contribution >= 4 is 50.1 Å². The fourth-order valence-corrected chi connectivity index (χ4v) is 4.36. The smallest absolute Gasteiger partial charge is 0.342 e. The van der Waals surface area contributed by atoms with Gasteiger partial charge in [-0.25, -0.2) is 4.39 Å². The topological polar surface area (TPSA) is 34.0 Å². The van der Waals surface area contributed by atoms with Crippen LogP contribution in [-0.4, -0.2) is 10.5 Å². The number of nitrogens with one attached hydrogen (secondary N) is 1. The van der Waals surface area contributed by atoms with E-state index in [0.717, 1.165) is 38.6 Å². The number of hydrogen-bond acceptors (Lipinski definition) is 1. The maximum atomic E-state index is 13.3. The van der Waals surface area contributed by atoms with E-state index in [9.17, 15) is 22.4 Å². The summed E-state index contributed by atoms with van der Waals surface area (Å²) in [5, 5.41) is 3.40. The van der Waals surface area contributed by atoms with Gasteiger partial charge in [-0.2, -0.15) is 13.2 Å². The summed E-state index contributed by atoms with van der Waals surface area (Å²) >= 11 is 3.47. The van der Waals surface area contributed by atoms with Crippen LogP contribution in [0.15, 0.2) is 71.3 Å². The minimum atomic E-state index is -4.49. The standard InChI is InChI=1S/C25H15BrF4N2O/c26-17-4-8-23-20(11-17)15(13-32(23)12-14-1-5-18(27)6-2-14)9-21-19-7-3-16(25(28,29)30)10-22(19)31-24(21)33/h1-11,13H,12H2,(H,31,33)/b21-9+. The molecule has 33 heavy (non-hydrogen) atoms. The van der Waals surface area contributed by atoms with Crippen LogP contribution in [0.2, 0.25) is 0 Å². The molecule has 8 heteroatoms. The molecule has 1 amide bonds. The Balaban J connectivity index is 1.60. The van der Waals surface area contributed by atoms with Gasteiger partial charge in [0.15, 0.2) is 0 Å². The van der Waals surface area contributed by atoms with Crippen molar-refractivity contribution in [3.63, 3.8) is 0 Å². The van der Waals surface area contributed by atoms with Crippen LogP contribution in [-0.2, 0) is 17.5 Å². The first-order valence-corrected chi connectivity index (χ1v) is 10.8. The van der Waals surface area contributed by atoms with Gasteiger partial charge < -0.3 is 9.88 Å². The summed E-state index contributed by atoms with van der Waals surface area (Å²) in [6, 6.07) is 15.2. The van der Waals surface area contributed by atoms with Crippen LogP contribution in [0.5, 0.6) is 0 Å². The molecule has 0 radical (unpaired) electrons. The van der Waals surface area contributed by atoms with Gasteiger partial charge in [0.1, 0.15) is 5.82 Å². The number of aromatic nitrogens is 1. The van der Waals surface area contributed by atoms with E-state index in [-0.39, 0.29) is 11.5 Å². The highest BCUT2D eigenvalue weighted by Gasteiger charge is 2.33. The molecule has 0 saturated carbocycles. The first kappa shape index (κ1) is 21.5. The molecule has 4 aromatic rings. The molecule has 1 aromatic heterocycles. The lowest BCUT2D eigenvalue weighted by Crippen LogP contribution is -2.06. The SMILES string of the molecule is O=C1Nc2cc(C(F)(F)F)ccc2/C1=C\c1cn(Cc2ccc(F)cc2)c2ccc(Br)cc12. The number of halogens is 5. The molecule has 3 nitrogen and oxygen atoms in total. The van der Waals surface area contributed by atoms with Gasteiger partial charge in [0.05, 0.1) is 5.56 Å². The van der Waals surface area contributed by atoms with Crippen molar-refractivity contribution < 1.29 is 22.4 Å². The second kappa shape index (κ2) is 7.88. The molecule has 2 heterocycles. The summed E-state index contributed by atoms with van der Waals surface area (Å²) in [7, 11) is 0. The number of carbonyl (C=O) groups excluding carboxylic acids is 1. The average Bonchev–Trinajstić information content (AvgIpc) is 3.25. The predicted octanol–water partition coefficient (Wildman–Crippen LogP) is 7.10. The van der Waals surface area contributed by atoms with Crippen molar-refractivity contribution in [2.24, 2.45) is 0 Å². The largest absolute Gasteiger partial charge is 0.416 e. The highest BCUT2D eigenvalue weighted by atomic mass is 79.9. The van der Waals surface area contributed by atoms with Crippen LogP contribution in [0, 0.1) is 5.82 Å². The zero-order valence-corrected chi connectivity index (χ0v) is 18.5. The number of benzene rings is 3. The lowest BCUT2D eigenvalue weighted by Gasteiger charge is -2.08. The third kappa shape index (κ3) is 4.06. The molecule has 0 spiro atoms. The van der Waals surface area contributed by atoms with Gasteiger partial charge in [-0.05, 0) is 54.1 Å². The summed E-state index contributed by atoms with van der Waals surface area (Å²) < 4.78 is 55.3. The Hall–Kier alpha value is -3.39. The summed E-state index contributed by atoms with van der Waals surface area (Å²) in [6.07, 6.45) is -0.931. The Morgan fingerprint density at radius 3 is 2.48 bits per heavy atom. The van der Waals surface area contributed by atoms with Gasteiger partial charge in [0, 0.05) is 50.5 Å². The van der Waals surface area contributed by atoms with E-state index in [1.807, 2.05) is 29.0 Å². The van der Waals surface area contributed by atoms with Gasteiger partial charge in [-0.1, -0.05) is 34.1 Å². The molecule has 3 aromatic carbocycles. The van der Waals surface area contributed by atoms with Crippen LogP contribution in [0.4, 0.5) is 23.2 Å². The Labute approximate surface area is 194 Å². The third-order valence-electron chi connectivity index (χ3n) is 5.57. The molecule has 0 unspecified atom stereocenters. The maximum Gasteiger partial charge on any atom is 0.416 e. The summed E-state index contributed by atoms with van der Waals surface area (Å²) in [5.74, 6) is -0.774. The molecule has 0 bridgehead atoms. The molecule has 0 fully saturated rings. The van der Waals surface area contributed by atoms with Crippen LogP contribution < -0.4 is 5.32 Å². The molecule has 0 atom stereocenters. The molecule has 1 aliphatic rings. The number of amides is 1. The van der Waals surface area contributed by atoms with E-state index in [0.29, 0.717) is 17.7 Å². The normalized spacial score (nSPS) is 14.7. The first-order valence-electron chi connectivity index (χ1n) is 9.96. The highest BCUT2D eigenvalue weighted by Crippen LogP contribution is 2.39. The van der Waals surface area contributed by atoms with Crippen molar-refractivity contribution in [3.8, 4) is 0 Å². The van der Waals surface area contributed by atoms with E-state index in [1.54, 1.807) is 18.2 Å². The molecular formula is C25H15BrF4N2O. The Kier molecular flexibility index (Phi) is 5.12. The average molecular weight is 515 g/mol. The minimum Gasteiger partial charge on any atom is -0.342 e. The van der Waals surface area contributed by atoms with Crippen LogP contribution in [0.25, 0.3) is 22.6 Å². The molecule has 166 valence electrons. The van der Waals surface area contributed by atoms with Gasteiger partial charge >= 0.3 is 6.18 Å². The number of fused-ring (bicyclic) bond motifs is 2. The van der Waals surface area contributed by atoms with E-state index in [1.165, 1.54) is 18.2 Å². The zero-order valence-electron chi connectivity index (χ0n) is 16.9. The van der Waals surface area contributed by atoms with E-state index in [2.05, 4.69) is 21.2 Å². The van der Waals surface area contributed by atoms with Crippen LogP contribution >= 0.6 is 15.9 Å². The molecule has 5 rings (SSSR count). The number of hydrogen-bond donors (Lipinski definition) is 1. The number of carbonyl (C=O) groups is 1. The van der Waals surface area contributed by atoms with Gasteiger partial charge in [0.2, 0.25) is 0 Å². The second-order valence-corrected chi connectivity index (χ2v) is 8.69. The van der Waals surface area contributed by atoms with Crippen LogP contribution in [0.3, 0.4) is 0 Å².